The number of rotatable bonds is 6. The van der Waals surface area contributed by atoms with E-state index in [-0.39, 0.29) is 24.0 Å². The van der Waals surface area contributed by atoms with Crippen molar-refractivity contribution in [1.82, 2.24) is 15.1 Å². The average Bonchev–Trinajstić information content (AvgIpc) is 3.22. The van der Waals surface area contributed by atoms with Gasteiger partial charge in [-0.15, -0.1) is 0 Å². The third kappa shape index (κ3) is 5.06. The van der Waals surface area contributed by atoms with Crippen LogP contribution in [0.3, 0.4) is 0 Å². The molecule has 186 valence electrons. The van der Waals surface area contributed by atoms with Crippen LogP contribution in [0.25, 0.3) is 0 Å². The highest BCUT2D eigenvalue weighted by molar-refractivity contribution is 5.99. The quantitative estimate of drug-likeness (QED) is 0.638. The predicted octanol–water partition coefficient (Wildman–Crippen LogP) is 2.37. The molecule has 8 nitrogen and oxygen atoms in total. The lowest BCUT2D eigenvalue weighted by Crippen LogP contribution is -2.60. The Kier molecular flexibility index (Phi) is 7.47. The summed E-state index contributed by atoms with van der Waals surface area (Å²) in [4.78, 5) is 42.9. The van der Waals surface area contributed by atoms with Crippen molar-refractivity contribution in [2.45, 2.75) is 31.5 Å². The number of likely N-dealkylation sites (tertiary alicyclic amines) is 1. The van der Waals surface area contributed by atoms with Crippen LogP contribution in [0, 0.1) is 12.7 Å². The molecule has 2 heterocycles. The number of carbonyl (C=O) groups excluding carboxylic acids is 3. The number of hydrogen-bond donors (Lipinski definition) is 1. The van der Waals surface area contributed by atoms with Gasteiger partial charge in [-0.3, -0.25) is 19.3 Å². The molecule has 1 atom stereocenters. The van der Waals surface area contributed by atoms with E-state index < -0.39 is 23.5 Å². The minimum Gasteiger partial charge on any atom is -0.383 e. The van der Waals surface area contributed by atoms with Crippen molar-refractivity contribution >= 4 is 17.7 Å². The zero-order valence-electron chi connectivity index (χ0n) is 20.0. The van der Waals surface area contributed by atoms with Crippen molar-refractivity contribution in [2.24, 2.45) is 0 Å². The molecule has 0 aromatic heterocycles. The lowest BCUT2D eigenvalue weighted by atomic mass is 9.95. The average molecular weight is 484 g/mol. The van der Waals surface area contributed by atoms with E-state index in [1.807, 2.05) is 25.1 Å². The van der Waals surface area contributed by atoms with Crippen LogP contribution in [0.2, 0.25) is 0 Å². The third-order valence-corrected chi connectivity index (χ3v) is 6.67. The normalized spacial score (nSPS) is 19.1. The van der Waals surface area contributed by atoms with Gasteiger partial charge in [0.25, 0.3) is 11.8 Å². The molecular weight excluding hydrogens is 453 g/mol. The number of hydrogen-bond acceptors (Lipinski definition) is 5. The number of nitrogens with one attached hydrogen (secondary N) is 1. The summed E-state index contributed by atoms with van der Waals surface area (Å²) < 4.78 is 25.0. The number of carbonyl (C=O) groups is 3. The summed E-state index contributed by atoms with van der Waals surface area (Å²) in [6, 6.07) is 11.9. The first-order valence-corrected chi connectivity index (χ1v) is 11.7. The Morgan fingerprint density at radius 2 is 1.86 bits per heavy atom. The minimum atomic E-state index is -1.06. The number of benzene rings is 2. The molecule has 0 bridgehead atoms. The lowest BCUT2D eigenvalue weighted by Gasteiger charge is -2.44. The summed E-state index contributed by atoms with van der Waals surface area (Å²) in [5, 5.41) is 2.77. The molecule has 2 aromatic carbocycles. The lowest BCUT2D eigenvalue weighted by molar-refractivity contribution is -0.128. The van der Waals surface area contributed by atoms with Crippen molar-refractivity contribution in [2.75, 3.05) is 40.0 Å². The zero-order valence-corrected chi connectivity index (χ0v) is 20.0. The van der Waals surface area contributed by atoms with Gasteiger partial charge in [-0.25, -0.2) is 4.39 Å². The maximum atomic E-state index is 13.9. The minimum absolute atomic E-state index is 0.0195. The van der Waals surface area contributed by atoms with Crippen LogP contribution >= 0.6 is 0 Å². The van der Waals surface area contributed by atoms with Gasteiger partial charge in [0.2, 0.25) is 5.91 Å². The van der Waals surface area contributed by atoms with Gasteiger partial charge in [0.1, 0.15) is 17.6 Å². The van der Waals surface area contributed by atoms with Crippen molar-refractivity contribution < 1.29 is 28.2 Å². The van der Waals surface area contributed by atoms with Crippen molar-refractivity contribution in [3.05, 3.63) is 71.0 Å². The van der Waals surface area contributed by atoms with Gasteiger partial charge in [-0.1, -0.05) is 24.3 Å². The summed E-state index contributed by atoms with van der Waals surface area (Å²) in [6.45, 7) is 3.25. The van der Waals surface area contributed by atoms with E-state index in [1.54, 1.807) is 11.0 Å². The van der Waals surface area contributed by atoms with Crippen molar-refractivity contribution in [3.63, 3.8) is 0 Å². The van der Waals surface area contributed by atoms with Crippen LogP contribution in [0.5, 0.6) is 0 Å². The van der Waals surface area contributed by atoms with Crippen LogP contribution in [0.1, 0.15) is 39.1 Å². The first kappa shape index (κ1) is 24.8. The SMILES string of the molecule is COCCNC(=O)C1COC2(CCN(C(=O)c3ccccc3C)CC2)N1C(=O)c1cccc(F)c1. The number of amides is 3. The molecule has 1 spiro atoms. The van der Waals surface area contributed by atoms with Gasteiger partial charge in [0.05, 0.1) is 13.2 Å². The van der Waals surface area contributed by atoms with E-state index >= 15 is 0 Å². The van der Waals surface area contributed by atoms with Crippen LogP contribution < -0.4 is 5.32 Å². The third-order valence-electron chi connectivity index (χ3n) is 6.67. The second kappa shape index (κ2) is 10.5. The van der Waals surface area contributed by atoms with Gasteiger partial charge in [0.15, 0.2) is 0 Å². The molecule has 35 heavy (non-hydrogen) atoms. The van der Waals surface area contributed by atoms with Gasteiger partial charge in [0, 0.05) is 50.7 Å². The molecule has 2 aromatic rings. The Morgan fingerprint density at radius 1 is 1.11 bits per heavy atom. The van der Waals surface area contributed by atoms with Gasteiger partial charge in [-0.05, 0) is 36.8 Å². The number of ether oxygens (including phenoxy) is 2. The van der Waals surface area contributed by atoms with E-state index in [4.69, 9.17) is 9.47 Å². The van der Waals surface area contributed by atoms with Crippen LogP contribution in [0.15, 0.2) is 48.5 Å². The predicted molar refractivity (Wildman–Crippen MR) is 126 cm³/mol. The van der Waals surface area contributed by atoms with Crippen LogP contribution in [-0.2, 0) is 14.3 Å². The standard InChI is InChI=1S/C26H30FN3O5/c1-18-6-3-4-9-21(18)25(33)29-13-10-26(11-14-29)30(24(32)19-7-5-8-20(27)16-19)22(17-35-26)23(31)28-12-15-34-2/h3-9,16,22H,10-15,17H2,1-2H3,(H,28,31). The molecule has 2 saturated heterocycles. The number of piperidine rings is 1. The molecule has 1 unspecified atom stereocenters. The Labute approximate surface area is 204 Å². The largest absolute Gasteiger partial charge is 0.383 e. The molecule has 2 aliphatic heterocycles. The summed E-state index contributed by atoms with van der Waals surface area (Å²) in [6.07, 6.45) is 0.682. The van der Waals surface area contributed by atoms with Gasteiger partial charge < -0.3 is 19.7 Å². The number of aryl methyl sites for hydroxylation is 1. The monoisotopic (exact) mass is 483 g/mol. The fourth-order valence-electron chi connectivity index (χ4n) is 4.76. The zero-order chi connectivity index (χ0) is 25.0. The smallest absolute Gasteiger partial charge is 0.256 e. The Bertz CT molecular complexity index is 1100. The first-order chi connectivity index (χ1) is 16.9. The highest BCUT2D eigenvalue weighted by Crippen LogP contribution is 2.39. The summed E-state index contributed by atoms with van der Waals surface area (Å²) in [7, 11) is 1.53. The van der Waals surface area contributed by atoms with E-state index in [9.17, 15) is 18.8 Å². The molecule has 4 rings (SSSR count). The maximum Gasteiger partial charge on any atom is 0.256 e. The van der Waals surface area contributed by atoms with E-state index in [1.165, 1.54) is 30.2 Å². The van der Waals surface area contributed by atoms with E-state index in [0.717, 1.165) is 11.6 Å². The van der Waals surface area contributed by atoms with Crippen molar-refractivity contribution in [3.8, 4) is 0 Å². The van der Waals surface area contributed by atoms with Crippen LogP contribution in [-0.4, -0.2) is 79.2 Å². The van der Waals surface area contributed by atoms with E-state index in [0.29, 0.717) is 44.6 Å². The second-order valence-corrected chi connectivity index (χ2v) is 8.85. The molecule has 9 heteroatoms. The highest BCUT2D eigenvalue weighted by Gasteiger charge is 2.54. The van der Waals surface area contributed by atoms with E-state index in [2.05, 4.69) is 5.32 Å². The topological polar surface area (TPSA) is 88.2 Å². The summed E-state index contributed by atoms with van der Waals surface area (Å²) >= 11 is 0. The van der Waals surface area contributed by atoms with Crippen molar-refractivity contribution in [1.29, 1.82) is 0 Å². The Morgan fingerprint density at radius 3 is 2.54 bits per heavy atom. The number of halogens is 1. The Hall–Kier alpha value is -3.30. The maximum absolute atomic E-state index is 13.9. The molecule has 0 saturated carbocycles. The molecule has 3 amide bonds. The number of methoxy groups -OCH3 is 1. The first-order valence-electron chi connectivity index (χ1n) is 11.7. The molecule has 0 aliphatic carbocycles. The van der Waals surface area contributed by atoms with Gasteiger partial charge >= 0.3 is 0 Å². The number of nitrogens with zero attached hydrogens (tertiary/aromatic N) is 2. The molecule has 1 N–H and O–H groups in total. The molecule has 2 aliphatic rings. The summed E-state index contributed by atoms with van der Waals surface area (Å²) in [5.41, 5.74) is 0.613. The van der Waals surface area contributed by atoms with Crippen LogP contribution in [0.4, 0.5) is 4.39 Å². The molecule has 0 radical (unpaired) electrons. The Balaban J connectivity index is 1.57. The fourth-order valence-corrected chi connectivity index (χ4v) is 4.76. The summed E-state index contributed by atoms with van der Waals surface area (Å²) in [5.74, 6) is -1.45. The second-order valence-electron chi connectivity index (χ2n) is 8.85. The fraction of sp³-hybridized carbons (Fsp3) is 0.423. The molecule has 2 fully saturated rings. The van der Waals surface area contributed by atoms with Gasteiger partial charge in [-0.2, -0.15) is 0 Å². The highest BCUT2D eigenvalue weighted by atomic mass is 19.1. The molecular formula is C26H30FN3O5.